The van der Waals surface area contributed by atoms with E-state index < -0.39 is 0 Å². The molecule has 0 aromatic carbocycles. The van der Waals surface area contributed by atoms with Gasteiger partial charge in [0, 0.05) is 37.5 Å². The largest absolute Gasteiger partial charge is 0.378 e. The van der Waals surface area contributed by atoms with Gasteiger partial charge in [-0.2, -0.15) is 0 Å². The van der Waals surface area contributed by atoms with Crippen LogP contribution in [0, 0.1) is 6.92 Å². The van der Waals surface area contributed by atoms with Crippen LogP contribution in [-0.4, -0.2) is 19.5 Å². The molecule has 0 aliphatic heterocycles. The van der Waals surface area contributed by atoms with E-state index in [0.29, 0.717) is 6.54 Å². The summed E-state index contributed by atoms with van der Waals surface area (Å²) in [6.45, 7) is 2.67. The topological polar surface area (TPSA) is 55.6 Å². The van der Waals surface area contributed by atoms with Gasteiger partial charge in [0.1, 0.15) is 5.82 Å². The number of imidazole rings is 1. The fourth-order valence-corrected chi connectivity index (χ4v) is 2.03. The Bertz CT molecular complexity index is 690. The van der Waals surface area contributed by atoms with Crippen LogP contribution in [0.15, 0.2) is 55.2 Å². The van der Waals surface area contributed by atoms with Crippen LogP contribution in [0.3, 0.4) is 0 Å². The molecule has 5 heteroatoms. The molecule has 3 aromatic rings. The molecule has 3 heterocycles. The monoisotopic (exact) mass is 265 g/mol. The first-order valence-electron chi connectivity index (χ1n) is 6.43. The molecule has 0 unspecified atom stereocenters. The van der Waals surface area contributed by atoms with E-state index in [-0.39, 0.29) is 0 Å². The fraction of sp³-hybridized carbons (Fsp3) is 0.133. The third-order valence-electron chi connectivity index (χ3n) is 3.05. The summed E-state index contributed by atoms with van der Waals surface area (Å²) in [6, 6.07) is 7.90. The van der Waals surface area contributed by atoms with Gasteiger partial charge in [-0.15, -0.1) is 0 Å². The maximum Gasteiger partial charge on any atom is 0.161 e. The van der Waals surface area contributed by atoms with Crippen LogP contribution < -0.4 is 5.32 Å². The molecule has 0 radical (unpaired) electrons. The first-order chi connectivity index (χ1) is 9.84. The molecular weight excluding hydrogens is 250 g/mol. The van der Waals surface area contributed by atoms with Crippen molar-refractivity contribution in [3.05, 3.63) is 66.6 Å². The molecule has 100 valence electrons. The second kappa shape index (κ2) is 5.52. The highest BCUT2D eigenvalue weighted by Crippen LogP contribution is 2.19. The van der Waals surface area contributed by atoms with Crippen molar-refractivity contribution < 1.29 is 0 Å². The summed E-state index contributed by atoms with van der Waals surface area (Å²) in [5.41, 5.74) is 2.10. The molecule has 20 heavy (non-hydrogen) atoms. The van der Waals surface area contributed by atoms with E-state index >= 15 is 0 Å². The van der Waals surface area contributed by atoms with E-state index in [1.807, 2.05) is 48.1 Å². The van der Waals surface area contributed by atoms with E-state index in [4.69, 9.17) is 0 Å². The number of hydrogen-bond donors (Lipinski definition) is 1. The zero-order valence-corrected chi connectivity index (χ0v) is 11.2. The lowest BCUT2D eigenvalue weighted by Gasteiger charge is -2.12. The van der Waals surface area contributed by atoms with Gasteiger partial charge in [-0.3, -0.25) is 9.55 Å². The lowest BCUT2D eigenvalue weighted by Crippen LogP contribution is -2.06. The number of hydrogen-bond acceptors (Lipinski definition) is 4. The first kappa shape index (κ1) is 12.3. The average Bonchev–Trinajstić information content (AvgIpc) is 2.92. The van der Waals surface area contributed by atoms with Gasteiger partial charge in [0.15, 0.2) is 5.82 Å². The summed E-state index contributed by atoms with van der Waals surface area (Å²) >= 11 is 0. The zero-order valence-electron chi connectivity index (χ0n) is 11.2. The number of pyridine rings is 2. The summed E-state index contributed by atoms with van der Waals surface area (Å²) < 4.78 is 1.96. The molecule has 0 atom stereocenters. The fourth-order valence-electron chi connectivity index (χ4n) is 2.03. The van der Waals surface area contributed by atoms with E-state index in [1.165, 1.54) is 0 Å². The maximum absolute atomic E-state index is 4.44. The van der Waals surface area contributed by atoms with Crippen molar-refractivity contribution >= 4 is 5.69 Å². The molecule has 0 amide bonds. The molecule has 1 N–H and O–H groups in total. The normalized spacial score (nSPS) is 10.4. The Morgan fingerprint density at radius 2 is 2.00 bits per heavy atom. The summed E-state index contributed by atoms with van der Waals surface area (Å²) in [5, 5.41) is 3.39. The number of nitrogens with one attached hydrogen (secondary N) is 1. The van der Waals surface area contributed by atoms with Crippen LogP contribution in [-0.2, 0) is 6.54 Å². The highest BCUT2D eigenvalue weighted by atomic mass is 15.1. The third-order valence-corrected chi connectivity index (χ3v) is 3.05. The van der Waals surface area contributed by atoms with Gasteiger partial charge in [-0.25, -0.2) is 9.97 Å². The minimum absolute atomic E-state index is 0.709. The third kappa shape index (κ3) is 2.51. The van der Waals surface area contributed by atoms with Crippen molar-refractivity contribution in [1.82, 2.24) is 19.5 Å². The average molecular weight is 265 g/mol. The lowest BCUT2D eigenvalue weighted by atomic mass is 10.2. The molecule has 0 bridgehead atoms. The first-order valence-corrected chi connectivity index (χ1v) is 6.43. The molecule has 5 nitrogen and oxygen atoms in total. The van der Waals surface area contributed by atoms with E-state index in [0.717, 1.165) is 22.9 Å². The van der Waals surface area contributed by atoms with Crippen LogP contribution >= 0.6 is 0 Å². The van der Waals surface area contributed by atoms with Gasteiger partial charge in [0.25, 0.3) is 0 Å². The smallest absolute Gasteiger partial charge is 0.161 e. The van der Waals surface area contributed by atoms with Gasteiger partial charge < -0.3 is 5.32 Å². The van der Waals surface area contributed by atoms with Crippen LogP contribution in [0.4, 0.5) is 5.69 Å². The molecule has 0 aliphatic rings. The van der Waals surface area contributed by atoms with Crippen molar-refractivity contribution in [2.45, 2.75) is 13.5 Å². The molecule has 0 saturated carbocycles. The van der Waals surface area contributed by atoms with Crippen LogP contribution in [0.2, 0.25) is 0 Å². The summed E-state index contributed by atoms with van der Waals surface area (Å²) in [7, 11) is 0. The van der Waals surface area contributed by atoms with E-state index in [2.05, 4.69) is 20.3 Å². The Hall–Kier alpha value is -2.69. The van der Waals surface area contributed by atoms with Crippen molar-refractivity contribution in [1.29, 1.82) is 0 Å². The van der Waals surface area contributed by atoms with Crippen molar-refractivity contribution in [2.24, 2.45) is 0 Å². The molecule has 0 spiro atoms. The van der Waals surface area contributed by atoms with Crippen LogP contribution in [0.1, 0.15) is 11.4 Å². The van der Waals surface area contributed by atoms with Crippen molar-refractivity contribution in [2.75, 3.05) is 5.32 Å². The van der Waals surface area contributed by atoms with Crippen molar-refractivity contribution in [3.8, 4) is 5.82 Å². The minimum atomic E-state index is 0.709. The molecule has 0 fully saturated rings. The van der Waals surface area contributed by atoms with Crippen molar-refractivity contribution in [3.63, 3.8) is 0 Å². The Balaban J connectivity index is 1.86. The van der Waals surface area contributed by atoms with Gasteiger partial charge in [-0.1, -0.05) is 6.07 Å². The van der Waals surface area contributed by atoms with Gasteiger partial charge >= 0.3 is 0 Å². The summed E-state index contributed by atoms with van der Waals surface area (Å²) in [5.74, 6) is 1.76. The molecule has 0 saturated heterocycles. The Morgan fingerprint density at radius 3 is 2.75 bits per heavy atom. The Labute approximate surface area is 117 Å². The summed E-state index contributed by atoms with van der Waals surface area (Å²) in [4.78, 5) is 12.8. The molecular formula is C15H15N5. The number of anilines is 1. The Kier molecular flexibility index (Phi) is 3.41. The molecule has 0 aliphatic carbocycles. The summed E-state index contributed by atoms with van der Waals surface area (Å²) in [6.07, 6.45) is 9.09. The second-order valence-corrected chi connectivity index (χ2v) is 4.43. The zero-order chi connectivity index (χ0) is 13.8. The van der Waals surface area contributed by atoms with Gasteiger partial charge in [0.05, 0.1) is 5.69 Å². The predicted octanol–water partition coefficient (Wildman–Crippen LogP) is 2.58. The van der Waals surface area contributed by atoms with Crippen LogP contribution in [0.25, 0.3) is 5.82 Å². The Morgan fingerprint density at radius 1 is 1.10 bits per heavy atom. The number of rotatable bonds is 4. The van der Waals surface area contributed by atoms with Crippen LogP contribution in [0.5, 0.6) is 0 Å². The van der Waals surface area contributed by atoms with Gasteiger partial charge in [0.2, 0.25) is 0 Å². The SMILES string of the molecule is Cc1nccn1-c1ncccc1NCc1cccnc1. The highest BCUT2D eigenvalue weighted by Gasteiger charge is 2.07. The highest BCUT2D eigenvalue weighted by molar-refractivity contribution is 5.57. The number of nitrogens with zero attached hydrogens (tertiary/aromatic N) is 4. The predicted molar refractivity (Wildman–Crippen MR) is 77.7 cm³/mol. The standard InChI is InChI=1S/C15H15N5/c1-12-17-8-9-20(12)15-14(5-3-7-18-15)19-11-13-4-2-6-16-10-13/h2-10,19H,11H2,1H3. The lowest BCUT2D eigenvalue weighted by molar-refractivity contribution is 0.928. The molecule has 3 aromatic heterocycles. The number of aryl methyl sites for hydroxylation is 1. The maximum atomic E-state index is 4.44. The number of aromatic nitrogens is 4. The minimum Gasteiger partial charge on any atom is -0.378 e. The quantitative estimate of drug-likeness (QED) is 0.787. The molecule has 3 rings (SSSR count). The van der Waals surface area contributed by atoms with E-state index in [1.54, 1.807) is 18.6 Å². The second-order valence-electron chi connectivity index (χ2n) is 4.43. The van der Waals surface area contributed by atoms with E-state index in [9.17, 15) is 0 Å². The van der Waals surface area contributed by atoms with Gasteiger partial charge in [-0.05, 0) is 30.7 Å².